The minimum atomic E-state index is -0.0420. The minimum absolute atomic E-state index is 0.00523. The maximum absolute atomic E-state index is 12.3. The van der Waals surface area contributed by atoms with Crippen LogP contribution in [-0.4, -0.2) is 40.8 Å². The summed E-state index contributed by atoms with van der Waals surface area (Å²) in [6.45, 7) is 5.42. The smallest absolute Gasteiger partial charge is 0.273 e. The molecule has 116 valence electrons. The Kier molecular flexibility index (Phi) is 5.30. The van der Waals surface area contributed by atoms with Crippen LogP contribution in [0.3, 0.4) is 0 Å². The second kappa shape index (κ2) is 7.00. The fourth-order valence-electron chi connectivity index (χ4n) is 2.26. The van der Waals surface area contributed by atoms with Gasteiger partial charge in [-0.05, 0) is 12.8 Å². The molecule has 0 unspecified atom stereocenters. The molecular formula is C14H22N4O2S. The number of carbonyl (C=O) groups excluding carboxylic acids is 2. The molecule has 1 fully saturated rings. The number of nitrogens with zero attached hydrogens (tertiary/aromatic N) is 2. The van der Waals surface area contributed by atoms with E-state index in [-0.39, 0.29) is 23.8 Å². The van der Waals surface area contributed by atoms with Crippen molar-refractivity contribution >= 4 is 23.2 Å². The number of carbonyl (C=O) groups is 2. The van der Waals surface area contributed by atoms with E-state index in [4.69, 9.17) is 5.73 Å². The van der Waals surface area contributed by atoms with E-state index in [1.54, 1.807) is 10.3 Å². The van der Waals surface area contributed by atoms with E-state index in [1.807, 2.05) is 13.8 Å². The number of piperidine rings is 1. The molecule has 2 heterocycles. The summed E-state index contributed by atoms with van der Waals surface area (Å²) < 4.78 is 0. The molecule has 2 amide bonds. The van der Waals surface area contributed by atoms with Crippen LogP contribution < -0.4 is 11.1 Å². The third-order valence-electron chi connectivity index (χ3n) is 3.60. The van der Waals surface area contributed by atoms with Crippen molar-refractivity contribution in [3.8, 4) is 0 Å². The van der Waals surface area contributed by atoms with Crippen molar-refractivity contribution < 1.29 is 9.59 Å². The third kappa shape index (κ3) is 4.01. The number of nitrogens with one attached hydrogen (secondary N) is 1. The number of hydrogen-bond donors (Lipinski definition) is 2. The normalized spacial score (nSPS) is 16.3. The fraction of sp³-hybridized carbons (Fsp3) is 0.643. The predicted octanol–water partition coefficient (Wildman–Crippen LogP) is 0.979. The van der Waals surface area contributed by atoms with Gasteiger partial charge < -0.3 is 16.0 Å². The Morgan fingerprint density at radius 1 is 1.48 bits per heavy atom. The summed E-state index contributed by atoms with van der Waals surface area (Å²) in [5, 5.41) is 5.56. The van der Waals surface area contributed by atoms with E-state index in [9.17, 15) is 9.59 Å². The van der Waals surface area contributed by atoms with Crippen molar-refractivity contribution in [2.45, 2.75) is 39.3 Å². The number of nitrogens with two attached hydrogens (primary N) is 1. The van der Waals surface area contributed by atoms with Gasteiger partial charge in [0, 0.05) is 37.0 Å². The highest BCUT2D eigenvalue weighted by Crippen LogP contribution is 2.16. The Labute approximate surface area is 128 Å². The first kappa shape index (κ1) is 15.9. The standard InChI is InChI=1S/C14H22N4O2S/c1-9(2)13(19)16-10-3-5-18(6-4-10)14(20)11-8-21-12(7-15)17-11/h8-10H,3-7,15H2,1-2H3,(H,16,19). The quantitative estimate of drug-likeness (QED) is 0.867. The highest BCUT2D eigenvalue weighted by Gasteiger charge is 2.26. The van der Waals surface area contributed by atoms with E-state index in [1.165, 1.54) is 11.3 Å². The Morgan fingerprint density at radius 2 is 2.14 bits per heavy atom. The minimum Gasteiger partial charge on any atom is -0.353 e. The number of aromatic nitrogens is 1. The second-order valence-electron chi connectivity index (χ2n) is 5.56. The van der Waals surface area contributed by atoms with Crippen molar-refractivity contribution in [1.29, 1.82) is 0 Å². The zero-order valence-corrected chi connectivity index (χ0v) is 13.3. The topological polar surface area (TPSA) is 88.3 Å². The van der Waals surface area contributed by atoms with Crippen LogP contribution in [0.5, 0.6) is 0 Å². The molecule has 21 heavy (non-hydrogen) atoms. The molecule has 1 aliphatic heterocycles. The van der Waals surface area contributed by atoms with Crippen LogP contribution in [-0.2, 0) is 11.3 Å². The van der Waals surface area contributed by atoms with E-state index >= 15 is 0 Å². The van der Waals surface area contributed by atoms with Gasteiger partial charge in [-0.15, -0.1) is 11.3 Å². The van der Waals surface area contributed by atoms with Crippen molar-refractivity contribution in [3.63, 3.8) is 0 Å². The summed E-state index contributed by atoms with van der Waals surface area (Å²) in [6.07, 6.45) is 1.58. The molecule has 0 aliphatic carbocycles. The molecule has 7 heteroatoms. The van der Waals surface area contributed by atoms with E-state index in [2.05, 4.69) is 10.3 Å². The average Bonchev–Trinajstić information content (AvgIpc) is 2.96. The lowest BCUT2D eigenvalue weighted by Gasteiger charge is -2.32. The predicted molar refractivity (Wildman–Crippen MR) is 81.9 cm³/mol. The lowest BCUT2D eigenvalue weighted by molar-refractivity contribution is -0.124. The first-order valence-corrected chi connectivity index (χ1v) is 8.13. The highest BCUT2D eigenvalue weighted by molar-refractivity contribution is 7.09. The monoisotopic (exact) mass is 310 g/mol. The summed E-state index contributed by atoms with van der Waals surface area (Å²) in [7, 11) is 0. The zero-order valence-electron chi connectivity index (χ0n) is 12.5. The molecule has 1 aliphatic rings. The van der Waals surface area contributed by atoms with E-state index < -0.39 is 0 Å². The third-order valence-corrected chi connectivity index (χ3v) is 4.47. The van der Waals surface area contributed by atoms with Gasteiger partial charge in [0.15, 0.2) is 0 Å². The average molecular weight is 310 g/mol. The Bertz CT molecular complexity index is 507. The Hall–Kier alpha value is -1.47. The molecule has 0 atom stereocenters. The zero-order chi connectivity index (χ0) is 15.4. The SMILES string of the molecule is CC(C)C(=O)NC1CCN(C(=O)c2csc(CN)n2)CC1. The van der Waals surface area contributed by atoms with Crippen molar-refractivity contribution in [1.82, 2.24) is 15.2 Å². The molecule has 0 spiro atoms. The number of amides is 2. The molecule has 0 bridgehead atoms. The van der Waals surface area contributed by atoms with Gasteiger partial charge >= 0.3 is 0 Å². The lowest BCUT2D eigenvalue weighted by atomic mass is 10.0. The molecule has 1 aromatic rings. The number of thiazole rings is 1. The summed E-state index contributed by atoms with van der Waals surface area (Å²) in [6, 6.07) is 0.166. The van der Waals surface area contributed by atoms with Gasteiger partial charge in [0.2, 0.25) is 5.91 Å². The Morgan fingerprint density at radius 3 is 2.67 bits per heavy atom. The van der Waals surface area contributed by atoms with Crippen LogP contribution in [0, 0.1) is 5.92 Å². The highest BCUT2D eigenvalue weighted by atomic mass is 32.1. The number of hydrogen-bond acceptors (Lipinski definition) is 5. The lowest BCUT2D eigenvalue weighted by Crippen LogP contribution is -2.47. The van der Waals surface area contributed by atoms with Crippen LogP contribution >= 0.6 is 11.3 Å². The molecule has 1 aromatic heterocycles. The summed E-state index contributed by atoms with van der Waals surface area (Å²) in [5.74, 6) is 0.0285. The largest absolute Gasteiger partial charge is 0.353 e. The van der Waals surface area contributed by atoms with Crippen LogP contribution in [0.1, 0.15) is 42.2 Å². The molecular weight excluding hydrogens is 288 g/mol. The summed E-state index contributed by atoms with van der Waals surface area (Å²) in [4.78, 5) is 30.0. The van der Waals surface area contributed by atoms with Crippen LogP contribution in [0.25, 0.3) is 0 Å². The number of likely N-dealkylation sites (tertiary alicyclic amines) is 1. The van der Waals surface area contributed by atoms with E-state index in [0.29, 0.717) is 25.3 Å². The van der Waals surface area contributed by atoms with Gasteiger partial charge in [-0.1, -0.05) is 13.8 Å². The van der Waals surface area contributed by atoms with Crippen LogP contribution in [0.2, 0.25) is 0 Å². The van der Waals surface area contributed by atoms with Gasteiger partial charge in [0.05, 0.1) is 0 Å². The summed E-state index contributed by atoms with van der Waals surface area (Å²) >= 11 is 1.41. The second-order valence-corrected chi connectivity index (χ2v) is 6.50. The molecule has 1 saturated heterocycles. The van der Waals surface area contributed by atoms with Crippen molar-refractivity contribution in [3.05, 3.63) is 16.1 Å². The maximum atomic E-state index is 12.3. The van der Waals surface area contributed by atoms with Crippen LogP contribution in [0.15, 0.2) is 5.38 Å². The molecule has 0 saturated carbocycles. The Balaban J connectivity index is 1.86. The molecule has 0 radical (unpaired) electrons. The molecule has 6 nitrogen and oxygen atoms in total. The fourth-order valence-corrected chi connectivity index (χ4v) is 2.91. The van der Waals surface area contributed by atoms with Gasteiger partial charge in [-0.2, -0.15) is 0 Å². The first-order valence-electron chi connectivity index (χ1n) is 7.25. The summed E-state index contributed by atoms with van der Waals surface area (Å²) in [5.41, 5.74) is 5.99. The molecule has 2 rings (SSSR count). The van der Waals surface area contributed by atoms with Gasteiger partial charge in [-0.25, -0.2) is 4.98 Å². The molecule has 3 N–H and O–H groups in total. The van der Waals surface area contributed by atoms with Gasteiger partial charge in [-0.3, -0.25) is 9.59 Å². The van der Waals surface area contributed by atoms with E-state index in [0.717, 1.165) is 17.8 Å². The van der Waals surface area contributed by atoms with Crippen LogP contribution in [0.4, 0.5) is 0 Å². The number of rotatable bonds is 4. The molecule has 0 aromatic carbocycles. The van der Waals surface area contributed by atoms with Gasteiger partial charge in [0.25, 0.3) is 5.91 Å². The van der Waals surface area contributed by atoms with Crippen molar-refractivity contribution in [2.24, 2.45) is 11.7 Å². The maximum Gasteiger partial charge on any atom is 0.273 e. The van der Waals surface area contributed by atoms with Crippen molar-refractivity contribution in [2.75, 3.05) is 13.1 Å². The first-order chi connectivity index (χ1) is 10.0. The van der Waals surface area contributed by atoms with Gasteiger partial charge in [0.1, 0.15) is 10.7 Å².